The van der Waals surface area contributed by atoms with Crippen LogP contribution in [0.1, 0.15) is 149 Å². The van der Waals surface area contributed by atoms with Crippen LogP contribution in [0.25, 0.3) is 0 Å². The highest BCUT2D eigenvalue weighted by molar-refractivity contribution is 5.77. The van der Waals surface area contributed by atoms with E-state index in [9.17, 15) is 14.7 Å². The van der Waals surface area contributed by atoms with Crippen LogP contribution in [0.15, 0.2) is 0 Å². The van der Waals surface area contributed by atoms with Gasteiger partial charge < -0.3 is 14.9 Å². The zero-order valence-electron chi connectivity index (χ0n) is 23.6. The zero-order chi connectivity index (χ0) is 26.4. The fraction of sp³-hybridized carbons (Fsp3) is 0.933. The van der Waals surface area contributed by atoms with Crippen LogP contribution in [0.4, 0.5) is 0 Å². The second kappa shape index (κ2) is 21.9. The summed E-state index contributed by atoms with van der Waals surface area (Å²) >= 11 is 0. The topological polar surface area (TPSA) is 87.1 Å². The number of carbonyl (C=O) groups is 2. The number of morpholine rings is 1. The fourth-order valence-corrected chi connectivity index (χ4v) is 5.29. The molecule has 0 spiro atoms. The van der Waals surface area contributed by atoms with Crippen molar-refractivity contribution in [1.29, 1.82) is 0 Å². The molecular weight excluding hydrogens is 454 g/mol. The molecule has 0 aromatic rings. The van der Waals surface area contributed by atoms with E-state index in [1.165, 1.54) is 83.5 Å². The third-order valence-electron chi connectivity index (χ3n) is 7.53. The molecule has 0 bridgehead atoms. The van der Waals surface area contributed by atoms with Crippen molar-refractivity contribution in [3.8, 4) is 0 Å². The number of aliphatic hydroxyl groups is 1. The quantitative estimate of drug-likeness (QED) is 0.105. The van der Waals surface area contributed by atoms with E-state index < -0.39 is 18.1 Å². The van der Waals surface area contributed by atoms with Gasteiger partial charge in [0.25, 0.3) is 0 Å². The van der Waals surface area contributed by atoms with E-state index in [0.717, 1.165) is 38.5 Å². The summed E-state index contributed by atoms with van der Waals surface area (Å²) in [6.07, 6.45) is 22.3. The number of carboxylic acid groups (broad SMARTS) is 1. The smallest absolute Gasteiger partial charge is 0.323 e. The minimum atomic E-state index is -0.904. The molecule has 36 heavy (non-hydrogen) atoms. The predicted octanol–water partition coefficient (Wildman–Crippen LogP) is 7.26. The van der Waals surface area contributed by atoms with E-state index in [1.807, 2.05) is 4.90 Å². The van der Waals surface area contributed by atoms with E-state index >= 15 is 0 Å². The first kappa shape index (κ1) is 32.9. The highest BCUT2D eigenvalue weighted by Gasteiger charge is 2.37. The molecule has 0 aromatic heterocycles. The molecule has 212 valence electrons. The molecular formula is C30H57NO5. The van der Waals surface area contributed by atoms with Crippen molar-refractivity contribution >= 4 is 11.9 Å². The summed E-state index contributed by atoms with van der Waals surface area (Å²) in [5.41, 5.74) is 0. The van der Waals surface area contributed by atoms with Gasteiger partial charge in [0.1, 0.15) is 12.1 Å². The Morgan fingerprint density at radius 1 is 0.833 bits per heavy atom. The molecule has 1 fully saturated rings. The van der Waals surface area contributed by atoms with Gasteiger partial charge in [-0.15, -0.1) is 0 Å². The Hall–Kier alpha value is -1.14. The van der Waals surface area contributed by atoms with E-state index in [0.29, 0.717) is 13.1 Å². The predicted molar refractivity (Wildman–Crippen MR) is 147 cm³/mol. The minimum absolute atomic E-state index is 0.0622. The molecule has 1 aliphatic heterocycles. The molecule has 0 amide bonds. The summed E-state index contributed by atoms with van der Waals surface area (Å²) in [5, 5.41) is 19.8. The molecule has 0 aliphatic carbocycles. The van der Waals surface area contributed by atoms with E-state index in [-0.39, 0.29) is 24.9 Å². The van der Waals surface area contributed by atoms with Crippen molar-refractivity contribution in [1.82, 2.24) is 4.90 Å². The minimum Gasteiger partial charge on any atom is -0.481 e. The van der Waals surface area contributed by atoms with Crippen molar-refractivity contribution in [2.75, 3.05) is 13.1 Å². The summed E-state index contributed by atoms with van der Waals surface area (Å²) in [6.45, 7) is 5.49. The highest BCUT2D eigenvalue weighted by atomic mass is 16.5. The van der Waals surface area contributed by atoms with Crippen LogP contribution in [-0.2, 0) is 14.3 Å². The number of hydrogen-bond donors (Lipinski definition) is 2. The summed E-state index contributed by atoms with van der Waals surface area (Å²) in [5.74, 6) is -1.22. The SMILES string of the molecule is CCCCCCCCCCCC(O)CN1CC(CCCCCCCCCC)OC(=O)C1CCC(=O)O. The van der Waals surface area contributed by atoms with Gasteiger partial charge in [0.15, 0.2) is 0 Å². The number of rotatable bonds is 24. The van der Waals surface area contributed by atoms with Crippen molar-refractivity contribution < 1.29 is 24.5 Å². The summed E-state index contributed by atoms with van der Waals surface area (Å²) in [6, 6.07) is -0.561. The number of esters is 1. The lowest BCUT2D eigenvalue weighted by Crippen LogP contribution is -2.54. The second-order valence-electron chi connectivity index (χ2n) is 11.0. The number of ether oxygens (including phenoxy) is 1. The van der Waals surface area contributed by atoms with Gasteiger partial charge >= 0.3 is 11.9 Å². The molecule has 1 saturated heterocycles. The number of cyclic esters (lactones) is 1. The number of hydrogen-bond acceptors (Lipinski definition) is 5. The van der Waals surface area contributed by atoms with E-state index in [2.05, 4.69) is 13.8 Å². The van der Waals surface area contributed by atoms with Crippen LogP contribution >= 0.6 is 0 Å². The fourth-order valence-electron chi connectivity index (χ4n) is 5.29. The lowest BCUT2D eigenvalue weighted by molar-refractivity contribution is -0.168. The van der Waals surface area contributed by atoms with Gasteiger partial charge in [-0.05, 0) is 25.7 Å². The maximum Gasteiger partial charge on any atom is 0.323 e. The molecule has 2 N–H and O–H groups in total. The maximum absolute atomic E-state index is 12.7. The average molecular weight is 512 g/mol. The Balaban J connectivity index is 2.37. The first-order chi connectivity index (χ1) is 17.5. The Kier molecular flexibility index (Phi) is 20.0. The Morgan fingerprint density at radius 2 is 1.33 bits per heavy atom. The summed E-state index contributed by atoms with van der Waals surface area (Å²) in [4.78, 5) is 25.8. The van der Waals surface area contributed by atoms with Gasteiger partial charge in [0.2, 0.25) is 0 Å². The molecule has 3 atom stereocenters. The zero-order valence-corrected chi connectivity index (χ0v) is 23.6. The van der Waals surface area contributed by atoms with Gasteiger partial charge in [-0.1, -0.05) is 117 Å². The number of unbranched alkanes of at least 4 members (excludes halogenated alkanes) is 15. The molecule has 0 aromatic carbocycles. The molecule has 3 unspecified atom stereocenters. The van der Waals surface area contributed by atoms with Crippen molar-refractivity contribution in [2.45, 2.75) is 167 Å². The van der Waals surface area contributed by atoms with Crippen LogP contribution in [0.2, 0.25) is 0 Å². The molecule has 0 saturated carbocycles. The lowest BCUT2D eigenvalue weighted by Gasteiger charge is -2.39. The van der Waals surface area contributed by atoms with Crippen molar-refractivity contribution in [3.63, 3.8) is 0 Å². The molecule has 1 aliphatic rings. The van der Waals surface area contributed by atoms with E-state index in [4.69, 9.17) is 9.84 Å². The average Bonchev–Trinajstić information content (AvgIpc) is 2.84. The maximum atomic E-state index is 12.7. The molecule has 0 radical (unpaired) electrons. The van der Waals surface area contributed by atoms with Gasteiger partial charge in [0, 0.05) is 19.5 Å². The third-order valence-corrected chi connectivity index (χ3v) is 7.53. The van der Waals surface area contributed by atoms with Crippen LogP contribution in [0.3, 0.4) is 0 Å². The number of β-amino-alcohol motifs (C(OH)–C–C–N with tert-alkyl or cyclic N) is 1. The Bertz CT molecular complexity index is 555. The number of carboxylic acids is 1. The lowest BCUT2D eigenvalue weighted by atomic mass is 10.0. The van der Waals surface area contributed by atoms with Gasteiger partial charge in [-0.25, -0.2) is 0 Å². The first-order valence-electron chi connectivity index (χ1n) is 15.3. The van der Waals surface area contributed by atoms with Crippen LogP contribution < -0.4 is 0 Å². The van der Waals surface area contributed by atoms with Gasteiger partial charge in [0.05, 0.1) is 6.10 Å². The van der Waals surface area contributed by atoms with Crippen molar-refractivity contribution in [3.05, 3.63) is 0 Å². The van der Waals surface area contributed by atoms with E-state index in [1.54, 1.807) is 0 Å². The number of carbonyl (C=O) groups excluding carboxylic acids is 1. The monoisotopic (exact) mass is 511 g/mol. The number of aliphatic carboxylic acids is 1. The third kappa shape index (κ3) is 16.6. The Morgan fingerprint density at radius 3 is 1.86 bits per heavy atom. The summed E-state index contributed by atoms with van der Waals surface area (Å²) in [7, 11) is 0. The summed E-state index contributed by atoms with van der Waals surface area (Å²) < 4.78 is 5.71. The largest absolute Gasteiger partial charge is 0.481 e. The second-order valence-corrected chi connectivity index (χ2v) is 11.0. The first-order valence-corrected chi connectivity index (χ1v) is 15.3. The molecule has 1 heterocycles. The van der Waals surface area contributed by atoms with Gasteiger partial charge in [-0.2, -0.15) is 0 Å². The molecule has 6 heteroatoms. The number of aliphatic hydroxyl groups excluding tert-OH is 1. The highest BCUT2D eigenvalue weighted by Crippen LogP contribution is 2.23. The van der Waals surface area contributed by atoms with Crippen LogP contribution in [0.5, 0.6) is 0 Å². The molecule has 6 nitrogen and oxygen atoms in total. The Labute approximate surface area is 221 Å². The number of nitrogens with zero attached hydrogens (tertiary/aromatic N) is 1. The normalized spacial score (nSPS) is 19.4. The molecule has 1 rings (SSSR count). The standard InChI is InChI=1S/C30H57NO5/c1-3-5-7-9-11-13-14-16-18-20-26(32)24-31-25-27(21-19-17-15-12-10-8-6-4-2)36-30(35)28(31)22-23-29(33)34/h26-28,32H,3-25H2,1-2H3,(H,33,34). The van der Waals surface area contributed by atoms with Crippen LogP contribution in [-0.4, -0.2) is 58.4 Å². The van der Waals surface area contributed by atoms with Crippen molar-refractivity contribution in [2.24, 2.45) is 0 Å². The van der Waals surface area contributed by atoms with Crippen LogP contribution in [0, 0.1) is 0 Å². The van der Waals surface area contributed by atoms with Gasteiger partial charge in [-0.3, -0.25) is 14.5 Å².